The molecule has 0 saturated carbocycles. The van der Waals surface area contributed by atoms with Crippen molar-refractivity contribution in [2.45, 2.75) is 61.4 Å². The SMILES string of the molecule is OC[C@H]1O[C@@H](O[C@H]2[C@H]([C@H](O)C(O)O)OC[C@@H]2O)[C@H](O)[C@@H](O)[C@H]1O. The second-order valence-electron chi connectivity index (χ2n) is 5.57. The van der Waals surface area contributed by atoms with Crippen LogP contribution in [0.5, 0.6) is 0 Å². The molecule has 0 unspecified atom stereocenters. The van der Waals surface area contributed by atoms with Crippen molar-refractivity contribution in [3.8, 4) is 0 Å². The van der Waals surface area contributed by atoms with Crippen LogP contribution in [0.1, 0.15) is 0 Å². The van der Waals surface area contributed by atoms with Crippen LogP contribution in [0, 0.1) is 0 Å². The van der Waals surface area contributed by atoms with E-state index in [2.05, 4.69) is 0 Å². The standard InChI is InChI=1S/C12H22O11/c13-1-4-5(15)6(16)7(17)12(22-4)23-9-3(14)2-21-10(9)8(18)11(19)20/h3-20H,1-2H2/t3-,4+,5-,6-,7+,8-,9+,10-,12-/m0/s1. The third kappa shape index (κ3) is 3.81. The summed E-state index contributed by atoms with van der Waals surface area (Å²) in [6, 6.07) is 0. The smallest absolute Gasteiger partial charge is 0.187 e. The van der Waals surface area contributed by atoms with Crippen LogP contribution in [0.4, 0.5) is 0 Å². The van der Waals surface area contributed by atoms with Crippen LogP contribution in [-0.4, -0.2) is 115 Å². The zero-order chi connectivity index (χ0) is 17.3. The Kier molecular flexibility index (Phi) is 6.27. The molecule has 11 nitrogen and oxygen atoms in total. The lowest BCUT2D eigenvalue weighted by molar-refractivity contribution is -0.321. The van der Waals surface area contributed by atoms with Crippen LogP contribution >= 0.6 is 0 Å². The largest absolute Gasteiger partial charge is 0.394 e. The molecule has 0 bridgehead atoms. The van der Waals surface area contributed by atoms with Gasteiger partial charge >= 0.3 is 0 Å². The molecule has 2 heterocycles. The first-order valence-corrected chi connectivity index (χ1v) is 7.07. The van der Waals surface area contributed by atoms with Crippen LogP contribution in [-0.2, 0) is 14.2 Å². The summed E-state index contributed by atoms with van der Waals surface area (Å²) in [6.45, 7) is -0.924. The summed E-state index contributed by atoms with van der Waals surface area (Å²) in [4.78, 5) is 0. The molecular weight excluding hydrogens is 320 g/mol. The molecule has 136 valence electrons. The van der Waals surface area contributed by atoms with Gasteiger partial charge in [-0.1, -0.05) is 0 Å². The lowest BCUT2D eigenvalue weighted by Crippen LogP contribution is -2.61. The highest BCUT2D eigenvalue weighted by Crippen LogP contribution is 2.28. The topological polar surface area (TPSA) is 190 Å². The molecule has 0 aromatic carbocycles. The Hall–Kier alpha value is -0.440. The number of aliphatic hydroxyl groups is 8. The molecule has 2 saturated heterocycles. The number of aliphatic hydroxyl groups excluding tert-OH is 7. The van der Waals surface area contributed by atoms with E-state index in [1.807, 2.05) is 0 Å². The normalized spacial score (nSPS) is 46.3. The van der Waals surface area contributed by atoms with E-state index < -0.39 is 68.0 Å². The van der Waals surface area contributed by atoms with Gasteiger partial charge in [0.05, 0.1) is 13.2 Å². The minimum atomic E-state index is -2.15. The molecule has 8 N–H and O–H groups in total. The molecular formula is C12H22O11. The number of ether oxygens (including phenoxy) is 3. The maximum Gasteiger partial charge on any atom is 0.187 e. The van der Waals surface area contributed by atoms with E-state index in [0.717, 1.165) is 0 Å². The first-order chi connectivity index (χ1) is 10.8. The highest BCUT2D eigenvalue weighted by atomic mass is 16.7. The minimum Gasteiger partial charge on any atom is -0.394 e. The molecule has 2 aliphatic rings. The fourth-order valence-corrected chi connectivity index (χ4v) is 2.58. The first kappa shape index (κ1) is 18.9. The monoisotopic (exact) mass is 342 g/mol. The van der Waals surface area contributed by atoms with Crippen molar-refractivity contribution in [3.63, 3.8) is 0 Å². The van der Waals surface area contributed by atoms with Crippen molar-refractivity contribution in [1.29, 1.82) is 0 Å². The van der Waals surface area contributed by atoms with E-state index >= 15 is 0 Å². The molecule has 0 spiro atoms. The van der Waals surface area contributed by atoms with E-state index in [9.17, 15) is 25.5 Å². The van der Waals surface area contributed by atoms with Gasteiger partial charge in [0.2, 0.25) is 0 Å². The molecule has 2 aliphatic heterocycles. The van der Waals surface area contributed by atoms with Crippen LogP contribution in [0.25, 0.3) is 0 Å². The summed E-state index contributed by atoms with van der Waals surface area (Å²) in [7, 11) is 0. The molecule has 11 heteroatoms. The minimum absolute atomic E-state index is 0.267. The Morgan fingerprint density at radius 1 is 1.00 bits per heavy atom. The fourth-order valence-electron chi connectivity index (χ4n) is 2.58. The second kappa shape index (κ2) is 7.63. The van der Waals surface area contributed by atoms with Gasteiger partial charge in [-0.15, -0.1) is 0 Å². The van der Waals surface area contributed by atoms with Gasteiger partial charge in [-0.3, -0.25) is 0 Å². The highest BCUT2D eigenvalue weighted by Gasteiger charge is 2.49. The van der Waals surface area contributed by atoms with Gasteiger partial charge in [-0.05, 0) is 0 Å². The average molecular weight is 342 g/mol. The first-order valence-electron chi connectivity index (χ1n) is 7.07. The maximum atomic E-state index is 9.88. The summed E-state index contributed by atoms with van der Waals surface area (Å²) < 4.78 is 15.5. The van der Waals surface area contributed by atoms with Crippen LogP contribution in [0.15, 0.2) is 0 Å². The van der Waals surface area contributed by atoms with Gasteiger partial charge in [0, 0.05) is 0 Å². The number of rotatable bonds is 5. The second-order valence-corrected chi connectivity index (χ2v) is 5.57. The molecule has 2 rings (SSSR count). The van der Waals surface area contributed by atoms with Gasteiger partial charge in [-0.25, -0.2) is 0 Å². The van der Waals surface area contributed by atoms with Gasteiger partial charge in [-0.2, -0.15) is 0 Å². The molecule has 0 amide bonds. The summed E-state index contributed by atoms with van der Waals surface area (Å²) in [6.07, 6.45) is -15.5. The van der Waals surface area contributed by atoms with Crippen molar-refractivity contribution in [3.05, 3.63) is 0 Å². The summed E-state index contributed by atoms with van der Waals surface area (Å²) >= 11 is 0. The van der Waals surface area contributed by atoms with Gasteiger partial charge in [0.15, 0.2) is 12.6 Å². The number of hydrogen-bond acceptors (Lipinski definition) is 11. The molecule has 0 aromatic heterocycles. The zero-order valence-electron chi connectivity index (χ0n) is 12.0. The summed E-state index contributed by atoms with van der Waals surface area (Å²) in [5, 5.41) is 75.8. The van der Waals surface area contributed by atoms with Gasteiger partial charge < -0.3 is 55.1 Å². The number of hydrogen-bond donors (Lipinski definition) is 8. The fraction of sp³-hybridized carbons (Fsp3) is 1.00. The van der Waals surface area contributed by atoms with Gasteiger partial charge in [0.1, 0.15) is 48.8 Å². The van der Waals surface area contributed by atoms with E-state index in [1.54, 1.807) is 0 Å². The maximum absolute atomic E-state index is 9.88. The molecule has 0 radical (unpaired) electrons. The van der Waals surface area contributed by atoms with Crippen molar-refractivity contribution in [2.24, 2.45) is 0 Å². The summed E-state index contributed by atoms with van der Waals surface area (Å²) in [5.41, 5.74) is 0. The van der Waals surface area contributed by atoms with Crippen molar-refractivity contribution in [2.75, 3.05) is 13.2 Å². The van der Waals surface area contributed by atoms with Crippen molar-refractivity contribution in [1.82, 2.24) is 0 Å². The third-order valence-corrected chi connectivity index (χ3v) is 3.94. The van der Waals surface area contributed by atoms with Crippen molar-refractivity contribution >= 4 is 0 Å². The van der Waals surface area contributed by atoms with Crippen LogP contribution in [0.2, 0.25) is 0 Å². The molecule has 0 aromatic rings. The third-order valence-electron chi connectivity index (χ3n) is 3.94. The Bertz CT molecular complexity index is 378. The van der Waals surface area contributed by atoms with E-state index in [4.69, 9.17) is 29.5 Å². The highest BCUT2D eigenvalue weighted by molar-refractivity contribution is 4.94. The van der Waals surface area contributed by atoms with E-state index in [-0.39, 0.29) is 6.61 Å². The quantitative estimate of drug-likeness (QED) is 0.223. The average Bonchev–Trinajstić information content (AvgIpc) is 2.87. The Morgan fingerprint density at radius 3 is 2.22 bits per heavy atom. The summed E-state index contributed by atoms with van der Waals surface area (Å²) in [5.74, 6) is 0. The Labute approximate surface area is 130 Å². The molecule has 2 fully saturated rings. The van der Waals surface area contributed by atoms with E-state index in [0.29, 0.717) is 0 Å². The molecule has 9 atom stereocenters. The van der Waals surface area contributed by atoms with Crippen LogP contribution < -0.4 is 0 Å². The lowest BCUT2D eigenvalue weighted by atomic mass is 9.99. The molecule has 0 aliphatic carbocycles. The van der Waals surface area contributed by atoms with E-state index in [1.165, 1.54) is 0 Å². The van der Waals surface area contributed by atoms with Gasteiger partial charge in [0.25, 0.3) is 0 Å². The van der Waals surface area contributed by atoms with Crippen LogP contribution in [0.3, 0.4) is 0 Å². The zero-order valence-corrected chi connectivity index (χ0v) is 12.0. The Balaban J connectivity index is 2.09. The predicted molar refractivity (Wildman–Crippen MR) is 68.6 cm³/mol. The predicted octanol–water partition coefficient (Wildman–Crippen LogP) is -5.40. The van der Waals surface area contributed by atoms with Crippen molar-refractivity contribution < 1.29 is 55.1 Å². The lowest BCUT2D eigenvalue weighted by Gasteiger charge is -2.41. The Morgan fingerprint density at radius 2 is 1.65 bits per heavy atom. The molecule has 23 heavy (non-hydrogen) atoms.